The SMILES string of the molecule is O=C(C1CCCCN1S(=O)(=O)c1ccccc1)N1CC=C(c2ccccc2)CC1. The summed E-state index contributed by atoms with van der Waals surface area (Å²) in [7, 11) is -3.68. The van der Waals surface area contributed by atoms with Crippen LogP contribution in [0.4, 0.5) is 0 Å². The van der Waals surface area contributed by atoms with Gasteiger partial charge in [0.2, 0.25) is 15.9 Å². The first kappa shape index (κ1) is 19.9. The molecule has 1 amide bonds. The van der Waals surface area contributed by atoms with Gasteiger partial charge in [0.15, 0.2) is 0 Å². The van der Waals surface area contributed by atoms with Crippen LogP contribution in [0.3, 0.4) is 0 Å². The van der Waals surface area contributed by atoms with E-state index in [2.05, 4.69) is 18.2 Å². The van der Waals surface area contributed by atoms with Gasteiger partial charge in [0.1, 0.15) is 6.04 Å². The number of benzene rings is 2. The van der Waals surface area contributed by atoms with Gasteiger partial charge in [-0.25, -0.2) is 8.42 Å². The van der Waals surface area contributed by atoms with Crippen molar-refractivity contribution in [1.29, 1.82) is 0 Å². The van der Waals surface area contributed by atoms with Gasteiger partial charge in [0.05, 0.1) is 4.90 Å². The molecule has 2 heterocycles. The normalized spacial score (nSPS) is 20.9. The number of piperidine rings is 1. The van der Waals surface area contributed by atoms with Crippen molar-refractivity contribution in [2.45, 2.75) is 36.6 Å². The van der Waals surface area contributed by atoms with Gasteiger partial charge in [-0.1, -0.05) is 61.0 Å². The minimum atomic E-state index is -3.68. The van der Waals surface area contributed by atoms with Crippen molar-refractivity contribution in [1.82, 2.24) is 9.21 Å². The van der Waals surface area contributed by atoms with Crippen LogP contribution in [0.25, 0.3) is 5.57 Å². The molecule has 152 valence electrons. The predicted octanol–water partition coefficient (Wildman–Crippen LogP) is 3.55. The summed E-state index contributed by atoms with van der Waals surface area (Å²) >= 11 is 0. The fourth-order valence-corrected chi connectivity index (χ4v) is 5.83. The second-order valence-corrected chi connectivity index (χ2v) is 9.46. The summed E-state index contributed by atoms with van der Waals surface area (Å²) in [5, 5.41) is 0. The quantitative estimate of drug-likeness (QED) is 0.775. The predicted molar refractivity (Wildman–Crippen MR) is 114 cm³/mol. The third-order valence-electron chi connectivity index (χ3n) is 5.75. The van der Waals surface area contributed by atoms with Crippen molar-refractivity contribution in [3.05, 3.63) is 72.3 Å². The van der Waals surface area contributed by atoms with Crippen LogP contribution >= 0.6 is 0 Å². The molecular formula is C23H26N2O3S. The Labute approximate surface area is 172 Å². The van der Waals surface area contributed by atoms with Gasteiger partial charge in [-0.15, -0.1) is 0 Å². The molecule has 2 aromatic rings. The molecule has 1 saturated heterocycles. The Morgan fingerprint density at radius 3 is 2.24 bits per heavy atom. The summed E-state index contributed by atoms with van der Waals surface area (Å²) in [6.45, 7) is 1.54. The number of nitrogens with zero attached hydrogens (tertiary/aromatic N) is 2. The highest BCUT2D eigenvalue weighted by Gasteiger charge is 2.39. The first-order valence-electron chi connectivity index (χ1n) is 10.2. The number of carbonyl (C=O) groups excluding carboxylic acids is 1. The summed E-state index contributed by atoms with van der Waals surface area (Å²) < 4.78 is 27.8. The highest BCUT2D eigenvalue weighted by molar-refractivity contribution is 7.89. The van der Waals surface area contributed by atoms with Gasteiger partial charge >= 0.3 is 0 Å². The molecule has 0 bridgehead atoms. The first-order valence-corrected chi connectivity index (χ1v) is 11.6. The van der Waals surface area contributed by atoms with E-state index in [0.29, 0.717) is 26.1 Å². The number of rotatable bonds is 4. The summed E-state index contributed by atoms with van der Waals surface area (Å²) in [6, 6.07) is 18.0. The maximum atomic E-state index is 13.3. The van der Waals surface area contributed by atoms with E-state index in [1.54, 1.807) is 35.2 Å². The van der Waals surface area contributed by atoms with E-state index >= 15 is 0 Å². The van der Waals surface area contributed by atoms with E-state index in [4.69, 9.17) is 0 Å². The average molecular weight is 411 g/mol. The molecule has 2 aliphatic rings. The van der Waals surface area contributed by atoms with Crippen LogP contribution in [-0.2, 0) is 14.8 Å². The molecule has 1 atom stereocenters. The third kappa shape index (κ3) is 4.14. The number of hydrogen-bond acceptors (Lipinski definition) is 3. The fourth-order valence-electron chi connectivity index (χ4n) is 4.16. The second kappa shape index (κ2) is 8.51. The average Bonchev–Trinajstić information content (AvgIpc) is 2.80. The zero-order valence-corrected chi connectivity index (χ0v) is 17.2. The van der Waals surface area contributed by atoms with E-state index in [0.717, 1.165) is 19.3 Å². The fraction of sp³-hybridized carbons (Fsp3) is 0.348. The zero-order valence-electron chi connectivity index (χ0n) is 16.4. The molecule has 0 aromatic heterocycles. The van der Waals surface area contributed by atoms with Crippen molar-refractivity contribution < 1.29 is 13.2 Å². The Hall–Kier alpha value is -2.44. The van der Waals surface area contributed by atoms with Gasteiger partial charge in [0, 0.05) is 19.6 Å². The van der Waals surface area contributed by atoms with Crippen LogP contribution in [0.1, 0.15) is 31.2 Å². The Morgan fingerprint density at radius 1 is 0.897 bits per heavy atom. The van der Waals surface area contributed by atoms with Crippen molar-refractivity contribution in [2.75, 3.05) is 19.6 Å². The van der Waals surface area contributed by atoms with Gasteiger partial charge < -0.3 is 4.90 Å². The van der Waals surface area contributed by atoms with Gasteiger partial charge in [0.25, 0.3) is 0 Å². The summed E-state index contributed by atoms with van der Waals surface area (Å²) in [5.74, 6) is -0.0763. The molecule has 6 heteroatoms. The first-order chi connectivity index (χ1) is 14.1. The van der Waals surface area contributed by atoms with Crippen LogP contribution in [0.5, 0.6) is 0 Å². The number of sulfonamides is 1. The molecule has 0 saturated carbocycles. The number of hydrogen-bond donors (Lipinski definition) is 0. The van der Waals surface area contributed by atoms with E-state index in [-0.39, 0.29) is 10.8 Å². The van der Waals surface area contributed by atoms with Crippen molar-refractivity contribution in [3.63, 3.8) is 0 Å². The minimum absolute atomic E-state index is 0.0763. The Morgan fingerprint density at radius 2 is 1.59 bits per heavy atom. The second-order valence-electron chi connectivity index (χ2n) is 7.57. The molecule has 29 heavy (non-hydrogen) atoms. The largest absolute Gasteiger partial charge is 0.337 e. The number of amides is 1. The lowest BCUT2D eigenvalue weighted by Gasteiger charge is -2.37. The minimum Gasteiger partial charge on any atom is -0.337 e. The molecule has 1 fully saturated rings. The van der Waals surface area contributed by atoms with E-state index in [1.165, 1.54) is 15.4 Å². The molecular weight excluding hydrogens is 384 g/mol. The third-order valence-corrected chi connectivity index (χ3v) is 7.68. The summed E-state index contributed by atoms with van der Waals surface area (Å²) in [6.07, 6.45) is 5.12. The maximum absolute atomic E-state index is 13.3. The molecule has 2 aliphatic heterocycles. The molecule has 5 nitrogen and oxygen atoms in total. The molecule has 4 rings (SSSR count). The van der Waals surface area contributed by atoms with Crippen molar-refractivity contribution in [3.8, 4) is 0 Å². The highest BCUT2D eigenvalue weighted by atomic mass is 32.2. The molecule has 0 spiro atoms. The molecule has 0 aliphatic carbocycles. The van der Waals surface area contributed by atoms with Crippen LogP contribution in [0, 0.1) is 0 Å². The van der Waals surface area contributed by atoms with E-state index in [9.17, 15) is 13.2 Å². The van der Waals surface area contributed by atoms with Gasteiger partial charge in [-0.3, -0.25) is 4.79 Å². The molecule has 0 N–H and O–H groups in total. The van der Waals surface area contributed by atoms with Crippen LogP contribution in [-0.4, -0.2) is 49.2 Å². The van der Waals surface area contributed by atoms with Crippen molar-refractivity contribution in [2.24, 2.45) is 0 Å². The zero-order chi connectivity index (χ0) is 20.3. The molecule has 0 radical (unpaired) electrons. The smallest absolute Gasteiger partial charge is 0.243 e. The Kier molecular flexibility index (Phi) is 5.83. The summed E-state index contributed by atoms with van der Waals surface area (Å²) in [5.41, 5.74) is 2.43. The maximum Gasteiger partial charge on any atom is 0.243 e. The standard InChI is InChI=1S/C23H26N2O3S/c26-23(24-17-14-20(15-18-24)19-9-3-1-4-10-19)22-13-7-8-16-25(22)29(27,28)21-11-5-2-6-12-21/h1-6,9-12,14,22H,7-8,13,15-18H2. The summed E-state index contributed by atoms with van der Waals surface area (Å²) in [4.78, 5) is 15.3. The van der Waals surface area contributed by atoms with E-state index < -0.39 is 16.1 Å². The Bertz CT molecular complexity index is 987. The van der Waals surface area contributed by atoms with Crippen LogP contribution in [0.15, 0.2) is 71.6 Å². The lowest BCUT2D eigenvalue weighted by atomic mass is 9.98. The monoisotopic (exact) mass is 410 g/mol. The van der Waals surface area contributed by atoms with Crippen molar-refractivity contribution >= 4 is 21.5 Å². The van der Waals surface area contributed by atoms with Crippen LogP contribution in [0.2, 0.25) is 0 Å². The van der Waals surface area contributed by atoms with Gasteiger partial charge in [-0.2, -0.15) is 4.31 Å². The molecule has 1 unspecified atom stereocenters. The lowest BCUT2D eigenvalue weighted by molar-refractivity contribution is -0.135. The van der Waals surface area contributed by atoms with E-state index in [1.807, 2.05) is 18.2 Å². The van der Waals surface area contributed by atoms with Gasteiger partial charge in [-0.05, 0) is 42.5 Å². The highest BCUT2D eigenvalue weighted by Crippen LogP contribution is 2.28. The topological polar surface area (TPSA) is 57.7 Å². The Balaban J connectivity index is 1.52. The number of carbonyl (C=O) groups is 1. The lowest BCUT2D eigenvalue weighted by Crippen LogP contribution is -2.53. The van der Waals surface area contributed by atoms with Crippen LogP contribution < -0.4 is 0 Å². The molecule has 2 aromatic carbocycles.